The number of halogens is 1. The molecule has 0 aromatic heterocycles. The Balaban J connectivity index is 3.01. The van der Waals surface area contributed by atoms with Crippen LogP contribution in [0.15, 0.2) is 22.7 Å². The van der Waals surface area contributed by atoms with Crippen molar-refractivity contribution in [1.29, 1.82) is 0 Å². The van der Waals surface area contributed by atoms with E-state index in [1.54, 1.807) is 12.1 Å². The Morgan fingerprint density at radius 2 is 2.05 bits per heavy atom. The average Bonchev–Trinajstić information content (AvgIpc) is 2.42. The second kappa shape index (κ2) is 7.54. The minimum Gasteiger partial charge on any atom is -0.493 e. The van der Waals surface area contributed by atoms with Crippen LogP contribution in [-0.2, 0) is 14.3 Å². The molecule has 6 nitrogen and oxygen atoms in total. The smallest absolute Gasteiger partial charge is 0.343 e. The Hall–Kier alpha value is -2.02. The lowest BCUT2D eigenvalue weighted by atomic mass is 10.2. The van der Waals surface area contributed by atoms with Crippen molar-refractivity contribution in [2.75, 3.05) is 20.8 Å². The molecule has 1 rings (SSSR count). The first kappa shape index (κ1) is 16.0. The van der Waals surface area contributed by atoms with Gasteiger partial charge < -0.3 is 19.3 Å². The van der Waals surface area contributed by atoms with Gasteiger partial charge in [-0.1, -0.05) is 0 Å². The Labute approximate surface area is 124 Å². The number of carboxylic acid groups (broad SMARTS) is 1. The fourth-order valence-electron chi connectivity index (χ4n) is 1.33. The molecule has 108 valence electrons. The van der Waals surface area contributed by atoms with Gasteiger partial charge in [-0.15, -0.1) is 0 Å². The monoisotopic (exact) mass is 344 g/mol. The summed E-state index contributed by atoms with van der Waals surface area (Å²) in [6.45, 7) is -0.254. The Morgan fingerprint density at radius 1 is 1.35 bits per heavy atom. The lowest BCUT2D eigenvalue weighted by Crippen LogP contribution is -2.13. The molecule has 0 bridgehead atoms. The van der Waals surface area contributed by atoms with E-state index in [2.05, 4.69) is 20.7 Å². The molecule has 0 saturated carbocycles. The second-order valence-electron chi connectivity index (χ2n) is 3.57. The minimum atomic E-state index is -1.05. The van der Waals surface area contributed by atoms with E-state index in [1.807, 2.05) is 0 Å². The molecule has 20 heavy (non-hydrogen) atoms. The predicted octanol–water partition coefficient (Wildman–Crippen LogP) is 2.11. The summed E-state index contributed by atoms with van der Waals surface area (Å²) in [6, 6.07) is 3.24. The number of methoxy groups -OCH3 is 2. The standard InChI is InChI=1S/C13H13BrO6/c1-18-10-6-8(3-4-11(15)16)5-9(14)13(10)20-7-12(17)19-2/h3-6H,7H2,1-2H3,(H,15,16)/b4-3+. The molecule has 1 aromatic rings. The molecule has 1 aromatic carbocycles. The number of ether oxygens (including phenoxy) is 3. The SMILES string of the molecule is COC(=O)COc1c(Br)cc(/C=C/C(=O)O)cc1OC. The number of carboxylic acids is 1. The lowest BCUT2D eigenvalue weighted by Gasteiger charge is -2.12. The van der Waals surface area contributed by atoms with Crippen molar-refractivity contribution in [3.8, 4) is 11.5 Å². The molecule has 0 spiro atoms. The van der Waals surface area contributed by atoms with E-state index in [9.17, 15) is 9.59 Å². The van der Waals surface area contributed by atoms with E-state index in [4.69, 9.17) is 14.6 Å². The van der Waals surface area contributed by atoms with Gasteiger partial charge in [0.15, 0.2) is 18.1 Å². The van der Waals surface area contributed by atoms with Gasteiger partial charge in [0.1, 0.15) is 0 Å². The molecule has 0 atom stereocenters. The van der Waals surface area contributed by atoms with Crippen LogP contribution in [0, 0.1) is 0 Å². The highest BCUT2D eigenvalue weighted by Gasteiger charge is 2.13. The van der Waals surface area contributed by atoms with Crippen LogP contribution in [-0.4, -0.2) is 37.9 Å². The van der Waals surface area contributed by atoms with Gasteiger partial charge in [0.05, 0.1) is 18.7 Å². The molecule has 1 N–H and O–H groups in total. The third-order valence-electron chi connectivity index (χ3n) is 2.23. The van der Waals surface area contributed by atoms with Gasteiger partial charge in [0.25, 0.3) is 0 Å². The van der Waals surface area contributed by atoms with Crippen LogP contribution >= 0.6 is 15.9 Å². The molecule has 0 fully saturated rings. The van der Waals surface area contributed by atoms with Crippen molar-refractivity contribution in [2.24, 2.45) is 0 Å². The summed E-state index contributed by atoms with van der Waals surface area (Å²) >= 11 is 3.28. The molecular weight excluding hydrogens is 332 g/mol. The van der Waals surface area contributed by atoms with Gasteiger partial charge in [-0.2, -0.15) is 0 Å². The molecule has 0 aliphatic carbocycles. The second-order valence-corrected chi connectivity index (χ2v) is 4.42. The van der Waals surface area contributed by atoms with Crippen molar-refractivity contribution < 1.29 is 28.9 Å². The number of esters is 1. The summed E-state index contributed by atoms with van der Waals surface area (Å²) < 4.78 is 15.5. The number of rotatable bonds is 6. The molecule has 0 aliphatic rings. The summed E-state index contributed by atoms with van der Waals surface area (Å²) in [5, 5.41) is 8.59. The van der Waals surface area contributed by atoms with Crippen LogP contribution in [0.25, 0.3) is 6.08 Å². The Bertz CT molecular complexity index is 538. The summed E-state index contributed by atoms with van der Waals surface area (Å²) in [5.41, 5.74) is 0.613. The summed E-state index contributed by atoms with van der Waals surface area (Å²) in [6.07, 6.45) is 2.43. The molecule has 0 aliphatic heterocycles. The van der Waals surface area contributed by atoms with Crippen molar-refractivity contribution in [3.63, 3.8) is 0 Å². The quantitative estimate of drug-likeness (QED) is 0.628. The Kier molecular flexibility index (Phi) is 6.05. The fourth-order valence-corrected chi connectivity index (χ4v) is 1.91. The highest BCUT2D eigenvalue weighted by molar-refractivity contribution is 9.10. The Morgan fingerprint density at radius 3 is 2.60 bits per heavy atom. The number of carbonyl (C=O) groups excluding carboxylic acids is 1. The topological polar surface area (TPSA) is 82.1 Å². The number of hydrogen-bond donors (Lipinski definition) is 1. The van der Waals surface area contributed by atoms with Crippen molar-refractivity contribution >= 4 is 33.9 Å². The molecular formula is C13H13BrO6. The van der Waals surface area contributed by atoms with Gasteiger partial charge in [0.2, 0.25) is 0 Å². The van der Waals surface area contributed by atoms with Crippen LogP contribution in [0.3, 0.4) is 0 Å². The zero-order valence-corrected chi connectivity index (χ0v) is 12.5. The minimum absolute atomic E-state index is 0.254. The zero-order valence-electron chi connectivity index (χ0n) is 10.9. The predicted molar refractivity (Wildman–Crippen MR) is 74.9 cm³/mol. The first-order valence-corrected chi connectivity index (χ1v) is 6.25. The van der Waals surface area contributed by atoms with E-state index in [0.717, 1.165) is 6.08 Å². The normalized spacial score (nSPS) is 10.3. The van der Waals surface area contributed by atoms with Gasteiger partial charge in [0, 0.05) is 6.08 Å². The summed E-state index contributed by atoms with van der Waals surface area (Å²) in [4.78, 5) is 21.5. The number of benzene rings is 1. The van der Waals surface area contributed by atoms with Crippen molar-refractivity contribution in [3.05, 3.63) is 28.2 Å². The number of aliphatic carboxylic acids is 1. The van der Waals surface area contributed by atoms with Crippen LogP contribution in [0.1, 0.15) is 5.56 Å². The summed E-state index contributed by atoms with van der Waals surface area (Å²) in [5.74, 6) is -0.862. The van der Waals surface area contributed by atoms with Gasteiger partial charge >= 0.3 is 11.9 Å². The first-order valence-electron chi connectivity index (χ1n) is 5.46. The molecule has 0 amide bonds. The maximum absolute atomic E-state index is 11.1. The lowest BCUT2D eigenvalue weighted by molar-refractivity contribution is -0.143. The first-order chi connectivity index (χ1) is 9.47. The van der Waals surface area contributed by atoms with E-state index >= 15 is 0 Å². The van der Waals surface area contributed by atoms with Crippen LogP contribution in [0.4, 0.5) is 0 Å². The van der Waals surface area contributed by atoms with Crippen molar-refractivity contribution in [2.45, 2.75) is 0 Å². The largest absolute Gasteiger partial charge is 0.493 e. The van der Waals surface area contributed by atoms with Crippen LogP contribution in [0.2, 0.25) is 0 Å². The highest BCUT2D eigenvalue weighted by Crippen LogP contribution is 2.37. The zero-order chi connectivity index (χ0) is 15.1. The molecule has 0 saturated heterocycles. The molecule has 0 heterocycles. The number of hydrogen-bond acceptors (Lipinski definition) is 5. The number of carbonyl (C=O) groups is 2. The van der Waals surface area contributed by atoms with Gasteiger partial charge in [-0.05, 0) is 39.7 Å². The molecule has 0 unspecified atom stereocenters. The third-order valence-corrected chi connectivity index (χ3v) is 2.82. The van der Waals surface area contributed by atoms with Crippen LogP contribution < -0.4 is 9.47 Å². The maximum atomic E-state index is 11.1. The van der Waals surface area contributed by atoms with E-state index in [-0.39, 0.29) is 6.61 Å². The van der Waals surface area contributed by atoms with Crippen molar-refractivity contribution in [1.82, 2.24) is 0 Å². The van der Waals surface area contributed by atoms with Crippen LogP contribution in [0.5, 0.6) is 11.5 Å². The molecule has 0 radical (unpaired) electrons. The van der Waals surface area contributed by atoms with E-state index in [1.165, 1.54) is 20.3 Å². The van der Waals surface area contributed by atoms with Gasteiger partial charge in [-0.3, -0.25) is 0 Å². The summed E-state index contributed by atoms with van der Waals surface area (Å²) in [7, 11) is 2.70. The third kappa shape index (κ3) is 4.58. The fraction of sp³-hybridized carbons (Fsp3) is 0.231. The van der Waals surface area contributed by atoms with E-state index < -0.39 is 11.9 Å². The maximum Gasteiger partial charge on any atom is 0.343 e. The molecule has 7 heteroatoms. The average molecular weight is 345 g/mol. The van der Waals surface area contributed by atoms with Gasteiger partial charge in [-0.25, -0.2) is 9.59 Å². The van der Waals surface area contributed by atoms with E-state index in [0.29, 0.717) is 21.5 Å². The highest BCUT2D eigenvalue weighted by atomic mass is 79.9.